The molecule has 41 heavy (non-hydrogen) atoms. The van der Waals surface area contributed by atoms with Crippen molar-refractivity contribution in [2.75, 3.05) is 20.3 Å². The Hall–Kier alpha value is -4.37. The van der Waals surface area contributed by atoms with Gasteiger partial charge in [0.1, 0.15) is 5.82 Å². The minimum atomic E-state index is -0.288. The quantitative estimate of drug-likeness (QED) is 0.327. The van der Waals surface area contributed by atoms with Crippen LogP contribution >= 0.6 is 0 Å². The van der Waals surface area contributed by atoms with E-state index < -0.39 is 0 Å². The van der Waals surface area contributed by atoms with E-state index in [1.165, 1.54) is 6.07 Å². The molecule has 3 aromatic carbocycles. The van der Waals surface area contributed by atoms with Gasteiger partial charge in [0, 0.05) is 50.9 Å². The maximum absolute atomic E-state index is 13.8. The Bertz CT molecular complexity index is 1620. The summed E-state index contributed by atoms with van der Waals surface area (Å²) in [6.45, 7) is 6.50. The van der Waals surface area contributed by atoms with E-state index >= 15 is 0 Å². The number of ether oxygens (including phenoxy) is 2. The first-order valence-electron chi connectivity index (χ1n) is 13.7. The Labute approximate surface area is 238 Å². The van der Waals surface area contributed by atoms with Gasteiger partial charge in [0.05, 0.1) is 25.0 Å². The number of nitrogens with zero attached hydrogens (tertiary/aromatic N) is 3. The second-order valence-electron chi connectivity index (χ2n) is 10.3. The highest BCUT2D eigenvalue weighted by Gasteiger charge is 2.26. The minimum Gasteiger partial charge on any atom is -0.493 e. The number of hydrogen-bond donors (Lipinski definition) is 1. The molecular weight excluding hydrogens is 523 g/mol. The topological polar surface area (TPSA) is 77.7 Å². The van der Waals surface area contributed by atoms with Crippen LogP contribution in [0.25, 0.3) is 5.69 Å². The molecule has 5 rings (SSSR count). The van der Waals surface area contributed by atoms with Crippen LogP contribution in [-0.4, -0.2) is 40.4 Å². The van der Waals surface area contributed by atoms with Gasteiger partial charge < -0.3 is 14.8 Å². The van der Waals surface area contributed by atoms with Crippen molar-refractivity contribution in [2.45, 2.75) is 39.9 Å². The average Bonchev–Trinajstić information content (AvgIpc) is 3.22. The van der Waals surface area contributed by atoms with E-state index in [1.54, 1.807) is 30.8 Å². The van der Waals surface area contributed by atoms with Gasteiger partial charge in [0.2, 0.25) is 0 Å². The Balaban J connectivity index is 1.22. The van der Waals surface area contributed by atoms with E-state index in [4.69, 9.17) is 9.47 Å². The summed E-state index contributed by atoms with van der Waals surface area (Å²) in [5, 5.41) is 2.96. The summed E-state index contributed by atoms with van der Waals surface area (Å²) < 4.78 is 28.3. The van der Waals surface area contributed by atoms with Crippen molar-refractivity contribution in [1.29, 1.82) is 0 Å². The number of fused-ring (bicyclic) bond motifs is 1. The molecule has 0 saturated carbocycles. The number of amides is 1. The number of methoxy groups -OCH3 is 1. The van der Waals surface area contributed by atoms with E-state index in [1.807, 2.05) is 61.1 Å². The SMILES string of the molecule is CCOc1cc(CNC(=O)c2ccc(CN3CCc4c(c(=O)n(-c5ccc(F)c(C)c5)n4C)C3)cc2)ccc1OC. The number of rotatable bonds is 9. The van der Waals surface area contributed by atoms with Crippen LogP contribution in [0.3, 0.4) is 0 Å². The van der Waals surface area contributed by atoms with Crippen LogP contribution in [0, 0.1) is 12.7 Å². The highest BCUT2D eigenvalue weighted by molar-refractivity contribution is 5.94. The molecule has 0 saturated heterocycles. The third-order valence-corrected chi connectivity index (χ3v) is 7.53. The molecule has 0 fully saturated rings. The maximum atomic E-state index is 13.8. The molecule has 2 heterocycles. The van der Waals surface area contributed by atoms with E-state index in [9.17, 15) is 14.0 Å². The van der Waals surface area contributed by atoms with E-state index in [2.05, 4.69) is 10.2 Å². The molecule has 0 atom stereocenters. The van der Waals surface area contributed by atoms with Gasteiger partial charge in [-0.15, -0.1) is 0 Å². The molecular formula is C32H35FN4O4. The number of hydrogen-bond acceptors (Lipinski definition) is 5. The molecule has 1 aliphatic heterocycles. The fraction of sp³-hybridized carbons (Fsp3) is 0.312. The zero-order valence-corrected chi connectivity index (χ0v) is 23.9. The van der Waals surface area contributed by atoms with E-state index in [-0.39, 0.29) is 17.3 Å². The predicted molar refractivity (Wildman–Crippen MR) is 155 cm³/mol. The van der Waals surface area contributed by atoms with Gasteiger partial charge in [-0.1, -0.05) is 18.2 Å². The summed E-state index contributed by atoms with van der Waals surface area (Å²) in [6, 6.07) is 17.9. The van der Waals surface area contributed by atoms with Crippen molar-refractivity contribution in [2.24, 2.45) is 7.05 Å². The monoisotopic (exact) mass is 558 g/mol. The molecule has 1 aromatic heterocycles. The Morgan fingerprint density at radius 1 is 1.02 bits per heavy atom. The molecule has 0 bridgehead atoms. The van der Waals surface area contributed by atoms with Crippen LogP contribution < -0.4 is 20.3 Å². The lowest BCUT2D eigenvalue weighted by atomic mass is 10.1. The van der Waals surface area contributed by atoms with Crippen LogP contribution in [0.5, 0.6) is 11.5 Å². The number of aromatic nitrogens is 2. The third-order valence-electron chi connectivity index (χ3n) is 7.53. The highest BCUT2D eigenvalue weighted by Crippen LogP contribution is 2.28. The molecule has 1 aliphatic rings. The molecule has 8 nitrogen and oxygen atoms in total. The maximum Gasteiger partial charge on any atom is 0.276 e. The molecule has 0 unspecified atom stereocenters. The van der Waals surface area contributed by atoms with E-state index in [0.29, 0.717) is 54.6 Å². The number of halogens is 1. The zero-order valence-electron chi connectivity index (χ0n) is 23.9. The van der Waals surface area contributed by atoms with Gasteiger partial charge >= 0.3 is 0 Å². The lowest BCUT2D eigenvalue weighted by molar-refractivity contribution is 0.0951. The second-order valence-corrected chi connectivity index (χ2v) is 10.3. The number of benzene rings is 3. The van der Waals surface area contributed by atoms with Crippen molar-refractivity contribution in [3.63, 3.8) is 0 Å². The van der Waals surface area contributed by atoms with Crippen LogP contribution in [0.2, 0.25) is 0 Å². The fourth-order valence-corrected chi connectivity index (χ4v) is 5.33. The van der Waals surface area contributed by atoms with Gasteiger partial charge in [0.15, 0.2) is 11.5 Å². The van der Waals surface area contributed by atoms with Crippen molar-refractivity contribution in [1.82, 2.24) is 19.6 Å². The first-order valence-corrected chi connectivity index (χ1v) is 13.7. The van der Waals surface area contributed by atoms with Gasteiger partial charge in [-0.3, -0.25) is 19.2 Å². The third kappa shape index (κ3) is 5.90. The Morgan fingerprint density at radius 3 is 2.49 bits per heavy atom. The zero-order chi connectivity index (χ0) is 29.1. The van der Waals surface area contributed by atoms with Gasteiger partial charge in [-0.2, -0.15) is 0 Å². The molecule has 0 radical (unpaired) electrons. The van der Waals surface area contributed by atoms with Crippen LogP contribution in [0.4, 0.5) is 4.39 Å². The smallest absolute Gasteiger partial charge is 0.276 e. The summed E-state index contributed by atoms with van der Waals surface area (Å²) in [5.41, 5.74) is 5.42. The Kier molecular flexibility index (Phi) is 8.26. The van der Waals surface area contributed by atoms with Crippen LogP contribution in [0.1, 0.15) is 45.2 Å². The first-order chi connectivity index (χ1) is 19.8. The normalized spacial score (nSPS) is 13.1. The lowest BCUT2D eigenvalue weighted by Crippen LogP contribution is -2.32. The molecule has 0 spiro atoms. The number of aryl methyl sites for hydroxylation is 1. The number of carbonyl (C=O) groups is 1. The highest BCUT2D eigenvalue weighted by atomic mass is 19.1. The Morgan fingerprint density at radius 2 is 1.78 bits per heavy atom. The molecule has 1 amide bonds. The summed E-state index contributed by atoms with van der Waals surface area (Å²) in [5.74, 6) is 0.858. The lowest BCUT2D eigenvalue weighted by Gasteiger charge is -2.26. The summed E-state index contributed by atoms with van der Waals surface area (Å²) in [6.07, 6.45) is 0.741. The molecule has 9 heteroatoms. The molecule has 1 N–H and O–H groups in total. The summed E-state index contributed by atoms with van der Waals surface area (Å²) in [4.78, 5) is 28.4. The van der Waals surface area contributed by atoms with Crippen molar-refractivity contribution < 1.29 is 18.7 Å². The summed E-state index contributed by atoms with van der Waals surface area (Å²) >= 11 is 0. The fourth-order valence-electron chi connectivity index (χ4n) is 5.33. The van der Waals surface area contributed by atoms with Crippen molar-refractivity contribution in [3.05, 3.63) is 110 Å². The minimum absolute atomic E-state index is 0.0736. The van der Waals surface area contributed by atoms with Crippen molar-refractivity contribution in [3.8, 4) is 17.2 Å². The molecule has 4 aromatic rings. The molecule has 0 aliphatic carbocycles. The predicted octanol–water partition coefficient (Wildman–Crippen LogP) is 4.52. The second kappa shape index (κ2) is 12.0. The molecule has 214 valence electrons. The first kappa shape index (κ1) is 28.2. The summed E-state index contributed by atoms with van der Waals surface area (Å²) in [7, 11) is 3.48. The number of nitrogens with one attached hydrogen (secondary N) is 1. The van der Waals surface area contributed by atoms with Gasteiger partial charge in [0.25, 0.3) is 11.5 Å². The largest absolute Gasteiger partial charge is 0.493 e. The van der Waals surface area contributed by atoms with Gasteiger partial charge in [-0.05, 0) is 73.0 Å². The van der Waals surface area contributed by atoms with Crippen LogP contribution in [0.15, 0.2) is 65.5 Å². The van der Waals surface area contributed by atoms with Gasteiger partial charge in [-0.25, -0.2) is 9.07 Å². The van der Waals surface area contributed by atoms with E-state index in [0.717, 1.165) is 35.3 Å². The average molecular weight is 559 g/mol. The van der Waals surface area contributed by atoms with Crippen molar-refractivity contribution >= 4 is 5.91 Å². The number of carbonyl (C=O) groups excluding carboxylic acids is 1. The van der Waals surface area contributed by atoms with Crippen LogP contribution in [-0.2, 0) is 33.1 Å². The standard InChI is InChI=1S/C32H35FN4O4/c1-5-41-30-17-23(8-13-29(30)40-4)18-34-31(38)24-9-6-22(7-10-24)19-36-15-14-28-26(20-36)32(39)37(35(28)3)25-11-12-27(33)21(2)16-25/h6-13,16-17H,5,14-15,18-20H2,1-4H3,(H,34,38).